The molecule has 2 fully saturated rings. The lowest BCUT2D eigenvalue weighted by atomic mass is 9.85. The molecule has 0 bridgehead atoms. The van der Waals surface area contributed by atoms with Gasteiger partial charge in [0.25, 0.3) is 0 Å². The summed E-state index contributed by atoms with van der Waals surface area (Å²) >= 11 is 0. The van der Waals surface area contributed by atoms with Crippen LogP contribution in [0.3, 0.4) is 0 Å². The van der Waals surface area contributed by atoms with Crippen LogP contribution in [0, 0.1) is 11.8 Å². The molecular weight excluding hydrogens is 652 g/mol. The fraction of sp³-hybridized carbons (Fsp3) is 0.576. The van der Waals surface area contributed by atoms with Gasteiger partial charge in [-0.3, -0.25) is 0 Å². The molecule has 49 heavy (non-hydrogen) atoms. The van der Waals surface area contributed by atoms with Crippen LogP contribution in [0.25, 0.3) is 0 Å². The number of carboxylic acid groups (broad SMARTS) is 2. The van der Waals surface area contributed by atoms with E-state index in [1.165, 1.54) is 21.1 Å². The first-order valence-corrected chi connectivity index (χ1v) is 15.6. The smallest absolute Gasteiger partial charge is 0.335 e. The standard InChI is InChI=1S/C33H44O16/c1-14(10-16-7-9-19(20(12-16)45-5)46-32-26(38)22(34)23(35)27(47-32)30(40)41)15(2)11-17-6-8-18(44-4)21(13-17)48-33(3)29(39)25(37)24(36)28(49-33)31(42)43/h6-9,12-15,22-29,32,34-39H,10-11H2,1-5H3,(H,40,41)(H,42,43)/t14?,15?,22-,23-,24-,25-,26+,27-,28-,29+,32+,33+/m0/s1. The fourth-order valence-electron chi connectivity index (χ4n) is 5.85. The van der Waals surface area contributed by atoms with Crippen LogP contribution in [-0.2, 0) is 31.9 Å². The van der Waals surface area contributed by atoms with Gasteiger partial charge in [0.1, 0.15) is 36.6 Å². The third kappa shape index (κ3) is 8.19. The zero-order valence-corrected chi connectivity index (χ0v) is 27.6. The van der Waals surface area contributed by atoms with Crippen molar-refractivity contribution in [3.8, 4) is 23.0 Å². The molecule has 272 valence electrons. The van der Waals surface area contributed by atoms with Gasteiger partial charge in [0.15, 0.2) is 35.2 Å². The quantitative estimate of drug-likeness (QED) is 0.134. The second-order valence-electron chi connectivity index (χ2n) is 12.6. The van der Waals surface area contributed by atoms with E-state index in [4.69, 9.17) is 28.4 Å². The minimum absolute atomic E-state index is 0.0929. The summed E-state index contributed by atoms with van der Waals surface area (Å²) in [5.74, 6) is -4.14. The predicted molar refractivity (Wildman–Crippen MR) is 166 cm³/mol. The molecule has 0 spiro atoms. The van der Waals surface area contributed by atoms with Gasteiger partial charge in [0, 0.05) is 6.92 Å². The Labute approximate surface area is 281 Å². The van der Waals surface area contributed by atoms with Crippen molar-refractivity contribution in [2.45, 2.75) is 94.5 Å². The first-order valence-electron chi connectivity index (χ1n) is 15.6. The second kappa shape index (κ2) is 15.4. The Morgan fingerprint density at radius 2 is 1.22 bits per heavy atom. The zero-order valence-electron chi connectivity index (χ0n) is 27.6. The second-order valence-corrected chi connectivity index (χ2v) is 12.6. The van der Waals surface area contributed by atoms with Crippen LogP contribution in [0.15, 0.2) is 36.4 Å². The number of ether oxygens (including phenoxy) is 6. The van der Waals surface area contributed by atoms with Gasteiger partial charge in [-0.2, -0.15) is 0 Å². The SMILES string of the molecule is COc1cc(CC(C)C(C)Cc2ccc(OC)c(O[C@]3(C)O[C@H](C(=O)O)[C@@H](O)[C@H](O)[C@H]3O)c2)ccc1O[C@@H]1O[C@H](C(=O)O)[C@@H](O)[C@H](O)[C@H]1O. The summed E-state index contributed by atoms with van der Waals surface area (Å²) in [6.07, 6.45) is -15.0. The maximum Gasteiger partial charge on any atom is 0.335 e. The molecule has 2 saturated heterocycles. The number of rotatable bonds is 13. The van der Waals surface area contributed by atoms with Gasteiger partial charge in [-0.15, -0.1) is 0 Å². The average Bonchev–Trinajstić information content (AvgIpc) is 3.06. The molecule has 2 aliphatic heterocycles. The molecule has 4 rings (SSSR count). The maximum absolute atomic E-state index is 11.6. The molecule has 16 heteroatoms. The highest BCUT2D eigenvalue weighted by Gasteiger charge is 2.55. The van der Waals surface area contributed by atoms with E-state index >= 15 is 0 Å². The lowest BCUT2D eigenvalue weighted by Crippen LogP contribution is -2.67. The molecule has 8 N–H and O–H groups in total. The van der Waals surface area contributed by atoms with E-state index in [0.29, 0.717) is 12.8 Å². The van der Waals surface area contributed by atoms with E-state index in [1.807, 2.05) is 6.07 Å². The lowest BCUT2D eigenvalue weighted by molar-refractivity contribution is -0.322. The average molecular weight is 697 g/mol. The molecule has 2 aromatic rings. The van der Waals surface area contributed by atoms with Crippen molar-refractivity contribution in [1.29, 1.82) is 0 Å². The minimum atomic E-state index is -2.04. The van der Waals surface area contributed by atoms with E-state index in [0.717, 1.165) is 11.1 Å². The monoisotopic (exact) mass is 696 g/mol. The summed E-state index contributed by atoms with van der Waals surface area (Å²) in [5, 5.41) is 80.2. The Kier molecular flexibility index (Phi) is 12.0. The molecule has 2 aliphatic rings. The number of benzene rings is 2. The van der Waals surface area contributed by atoms with Crippen molar-refractivity contribution >= 4 is 11.9 Å². The van der Waals surface area contributed by atoms with Crippen LogP contribution in [0.1, 0.15) is 31.9 Å². The molecule has 2 unspecified atom stereocenters. The number of aliphatic carboxylic acids is 2. The van der Waals surface area contributed by atoms with Crippen LogP contribution in [-0.4, -0.2) is 128 Å². The third-order valence-corrected chi connectivity index (χ3v) is 9.04. The van der Waals surface area contributed by atoms with Crippen molar-refractivity contribution in [3.63, 3.8) is 0 Å². The van der Waals surface area contributed by atoms with Gasteiger partial charge in [-0.05, 0) is 60.1 Å². The van der Waals surface area contributed by atoms with Crippen molar-refractivity contribution in [2.75, 3.05) is 14.2 Å². The summed E-state index contributed by atoms with van der Waals surface area (Å²) in [6.45, 7) is 5.36. The Balaban J connectivity index is 1.45. The van der Waals surface area contributed by atoms with E-state index in [1.54, 1.807) is 30.3 Å². The topological polar surface area (TPSA) is 251 Å². The number of hydrogen-bond donors (Lipinski definition) is 8. The molecule has 0 aromatic heterocycles. The zero-order chi connectivity index (χ0) is 36.4. The summed E-state index contributed by atoms with van der Waals surface area (Å²) in [6, 6.07) is 10.2. The van der Waals surface area contributed by atoms with Gasteiger partial charge in [-0.1, -0.05) is 26.0 Å². The van der Waals surface area contributed by atoms with Crippen molar-refractivity contribution in [1.82, 2.24) is 0 Å². The third-order valence-electron chi connectivity index (χ3n) is 9.04. The highest BCUT2D eigenvalue weighted by atomic mass is 16.7. The van der Waals surface area contributed by atoms with Crippen molar-refractivity contribution < 1.29 is 78.9 Å². The molecule has 0 aliphatic carbocycles. The van der Waals surface area contributed by atoms with Crippen molar-refractivity contribution in [2.24, 2.45) is 11.8 Å². The molecule has 12 atom stereocenters. The highest BCUT2D eigenvalue weighted by molar-refractivity contribution is 5.74. The summed E-state index contributed by atoms with van der Waals surface area (Å²) in [4.78, 5) is 23.1. The van der Waals surface area contributed by atoms with E-state index < -0.39 is 72.8 Å². The number of carboxylic acids is 2. The van der Waals surface area contributed by atoms with Crippen LogP contribution in [0.2, 0.25) is 0 Å². The molecule has 2 aromatic carbocycles. The largest absolute Gasteiger partial charge is 0.493 e. The van der Waals surface area contributed by atoms with Crippen LogP contribution in [0.4, 0.5) is 0 Å². The van der Waals surface area contributed by atoms with Gasteiger partial charge in [-0.25, -0.2) is 9.59 Å². The van der Waals surface area contributed by atoms with Crippen LogP contribution < -0.4 is 18.9 Å². The molecule has 0 saturated carbocycles. The Hall–Kier alpha value is -3.74. The van der Waals surface area contributed by atoms with Gasteiger partial charge >= 0.3 is 11.9 Å². The lowest BCUT2D eigenvalue weighted by Gasteiger charge is -2.45. The normalized spacial score (nSPS) is 32.8. The van der Waals surface area contributed by atoms with Crippen LogP contribution in [0.5, 0.6) is 23.0 Å². The molecule has 2 heterocycles. The number of carbonyl (C=O) groups is 2. The number of aliphatic hydroxyl groups excluding tert-OH is 6. The molecule has 0 radical (unpaired) electrons. The molecule has 0 amide bonds. The van der Waals surface area contributed by atoms with Gasteiger partial charge in [0.2, 0.25) is 12.1 Å². The van der Waals surface area contributed by atoms with E-state index in [9.17, 15) is 50.4 Å². The molecular formula is C33H44O16. The maximum atomic E-state index is 11.6. The number of aliphatic hydroxyl groups is 6. The highest BCUT2D eigenvalue weighted by Crippen LogP contribution is 2.38. The predicted octanol–water partition coefficient (Wildman–Crippen LogP) is -0.307. The van der Waals surface area contributed by atoms with Gasteiger partial charge in [0.05, 0.1) is 14.2 Å². The molecule has 16 nitrogen and oxygen atoms in total. The summed E-state index contributed by atoms with van der Waals surface area (Å²) < 4.78 is 33.1. The Morgan fingerprint density at radius 1 is 0.714 bits per heavy atom. The summed E-state index contributed by atoms with van der Waals surface area (Å²) in [5.41, 5.74) is 1.69. The van der Waals surface area contributed by atoms with Crippen molar-refractivity contribution in [3.05, 3.63) is 47.5 Å². The Bertz CT molecular complexity index is 1470. The minimum Gasteiger partial charge on any atom is -0.493 e. The first-order chi connectivity index (χ1) is 23.0. The first kappa shape index (κ1) is 38.1. The Morgan fingerprint density at radius 3 is 1.76 bits per heavy atom. The number of methoxy groups -OCH3 is 2. The van der Waals surface area contributed by atoms with E-state index in [-0.39, 0.29) is 34.8 Å². The van der Waals surface area contributed by atoms with E-state index in [2.05, 4.69) is 13.8 Å². The number of hydrogen-bond acceptors (Lipinski definition) is 14. The fourth-order valence-corrected chi connectivity index (χ4v) is 5.85. The van der Waals surface area contributed by atoms with Gasteiger partial charge < -0.3 is 69.3 Å². The van der Waals surface area contributed by atoms with Crippen LogP contribution >= 0.6 is 0 Å². The summed E-state index contributed by atoms with van der Waals surface area (Å²) in [7, 11) is 2.81.